The standard InChI is InChI=1S/C24H28N2O6/c1-14-8-15(2)13-26(12-14)22(28)11-19(16-4-6-17(7-5-16)24(29)30)23-20(25-31)9-18(27)10-21(23)32-3/h4-7,9-10,14-15,19,27H,8,11-13H2,1-3H3,(H,29,30). The van der Waals surface area contributed by atoms with Gasteiger partial charge in [0.05, 0.1) is 12.7 Å². The average Bonchev–Trinajstić information content (AvgIpc) is 2.76. The van der Waals surface area contributed by atoms with Gasteiger partial charge < -0.3 is 19.8 Å². The molecule has 1 amide bonds. The van der Waals surface area contributed by atoms with E-state index in [4.69, 9.17) is 4.74 Å². The molecule has 3 atom stereocenters. The molecular formula is C24H28N2O6. The number of carbonyl (C=O) groups is 2. The summed E-state index contributed by atoms with van der Waals surface area (Å²) in [5.74, 6) is -0.884. The van der Waals surface area contributed by atoms with Crippen LogP contribution in [0, 0.1) is 16.7 Å². The Morgan fingerprint density at radius 2 is 1.78 bits per heavy atom. The zero-order valence-electron chi connectivity index (χ0n) is 18.4. The number of carboxylic acids is 1. The van der Waals surface area contributed by atoms with Gasteiger partial charge in [0.1, 0.15) is 17.2 Å². The number of rotatable bonds is 7. The summed E-state index contributed by atoms with van der Waals surface area (Å²) >= 11 is 0. The second kappa shape index (κ2) is 9.80. The number of phenolic OH excluding ortho intramolecular Hbond substituents is 1. The quantitative estimate of drug-likeness (QED) is 0.611. The van der Waals surface area contributed by atoms with Gasteiger partial charge in [0.15, 0.2) is 0 Å². The molecule has 2 aromatic rings. The monoisotopic (exact) mass is 440 g/mol. The van der Waals surface area contributed by atoms with E-state index in [9.17, 15) is 24.7 Å². The van der Waals surface area contributed by atoms with E-state index in [-0.39, 0.29) is 35.1 Å². The van der Waals surface area contributed by atoms with Crippen molar-refractivity contribution in [3.8, 4) is 11.5 Å². The molecule has 1 saturated heterocycles. The number of nitrogens with zero attached hydrogens (tertiary/aromatic N) is 2. The Labute approximate surface area is 186 Å². The van der Waals surface area contributed by atoms with Crippen molar-refractivity contribution in [1.82, 2.24) is 4.90 Å². The van der Waals surface area contributed by atoms with Gasteiger partial charge in [0.25, 0.3) is 0 Å². The van der Waals surface area contributed by atoms with E-state index >= 15 is 0 Å². The molecule has 1 aliphatic rings. The van der Waals surface area contributed by atoms with Crippen molar-refractivity contribution in [2.45, 2.75) is 32.6 Å². The molecule has 0 aromatic heterocycles. The fourth-order valence-corrected chi connectivity index (χ4v) is 4.61. The molecule has 0 bridgehead atoms. The van der Waals surface area contributed by atoms with Crippen LogP contribution >= 0.6 is 0 Å². The Kier molecular flexibility index (Phi) is 7.12. The minimum absolute atomic E-state index is 0.0256. The van der Waals surface area contributed by atoms with E-state index in [1.165, 1.54) is 31.4 Å². The summed E-state index contributed by atoms with van der Waals surface area (Å²) in [5.41, 5.74) is 1.12. The maximum atomic E-state index is 13.3. The number of aromatic carboxylic acids is 1. The van der Waals surface area contributed by atoms with Crippen molar-refractivity contribution >= 4 is 17.6 Å². The minimum atomic E-state index is -1.06. The van der Waals surface area contributed by atoms with Crippen LogP contribution in [0.2, 0.25) is 0 Å². The van der Waals surface area contributed by atoms with Gasteiger partial charge in [0.2, 0.25) is 5.91 Å². The van der Waals surface area contributed by atoms with Crippen molar-refractivity contribution in [2.24, 2.45) is 17.0 Å². The summed E-state index contributed by atoms with van der Waals surface area (Å²) in [5, 5.41) is 22.2. The second-order valence-corrected chi connectivity index (χ2v) is 8.60. The van der Waals surface area contributed by atoms with Crippen molar-refractivity contribution in [2.75, 3.05) is 20.2 Å². The number of hydrogen-bond acceptors (Lipinski definition) is 6. The van der Waals surface area contributed by atoms with Gasteiger partial charge in [0, 0.05) is 43.1 Å². The molecule has 170 valence electrons. The summed E-state index contributed by atoms with van der Waals surface area (Å²) in [6.07, 6.45) is 1.12. The molecule has 2 aromatic carbocycles. The van der Waals surface area contributed by atoms with E-state index in [1.54, 1.807) is 12.1 Å². The van der Waals surface area contributed by atoms with E-state index < -0.39 is 11.9 Å². The smallest absolute Gasteiger partial charge is 0.335 e. The van der Waals surface area contributed by atoms with E-state index in [1.807, 2.05) is 4.90 Å². The van der Waals surface area contributed by atoms with Crippen LogP contribution in [0.15, 0.2) is 41.6 Å². The van der Waals surface area contributed by atoms with Crippen LogP contribution in [0.1, 0.15) is 54.1 Å². The fourth-order valence-electron chi connectivity index (χ4n) is 4.61. The molecule has 0 radical (unpaired) electrons. The predicted molar refractivity (Wildman–Crippen MR) is 120 cm³/mol. The van der Waals surface area contributed by atoms with E-state index in [0.717, 1.165) is 6.42 Å². The molecule has 0 spiro atoms. The molecule has 1 aliphatic heterocycles. The number of nitroso groups, excluding NO2 is 1. The largest absolute Gasteiger partial charge is 0.508 e. The molecular weight excluding hydrogens is 412 g/mol. The number of benzene rings is 2. The molecule has 0 saturated carbocycles. The van der Waals surface area contributed by atoms with Crippen LogP contribution in [-0.2, 0) is 4.79 Å². The van der Waals surface area contributed by atoms with Gasteiger partial charge in [-0.1, -0.05) is 26.0 Å². The van der Waals surface area contributed by atoms with Crippen LogP contribution in [0.3, 0.4) is 0 Å². The minimum Gasteiger partial charge on any atom is -0.508 e. The number of aromatic hydroxyl groups is 1. The number of hydrogen-bond donors (Lipinski definition) is 2. The summed E-state index contributed by atoms with van der Waals surface area (Å²) in [7, 11) is 1.41. The van der Waals surface area contributed by atoms with Crippen molar-refractivity contribution in [3.05, 3.63) is 58.0 Å². The first-order chi connectivity index (χ1) is 15.2. The Morgan fingerprint density at radius 3 is 2.31 bits per heavy atom. The second-order valence-electron chi connectivity index (χ2n) is 8.60. The molecule has 8 heteroatoms. The van der Waals surface area contributed by atoms with Crippen molar-refractivity contribution in [3.63, 3.8) is 0 Å². The Balaban J connectivity index is 2.05. The summed E-state index contributed by atoms with van der Waals surface area (Å²) in [6.45, 7) is 5.57. The number of ether oxygens (including phenoxy) is 1. The Bertz CT molecular complexity index is 994. The third-order valence-corrected chi connectivity index (χ3v) is 5.93. The zero-order chi connectivity index (χ0) is 23.4. The normalized spacial score (nSPS) is 19.3. The van der Waals surface area contributed by atoms with Gasteiger partial charge in [-0.15, -0.1) is 4.91 Å². The van der Waals surface area contributed by atoms with Crippen LogP contribution in [0.4, 0.5) is 5.69 Å². The maximum absolute atomic E-state index is 13.3. The Morgan fingerprint density at radius 1 is 1.16 bits per heavy atom. The molecule has 3 rings (SSSR count). The van der Waals surface area contributed by atoms with Crippen molar-refractivity contribution in [1.29, 1.82) is 0 Å². The molecule has 1 fully saturated rings. The number of methoxy groups -OCH3 is 1. The number of piperidine rings is 1. The molecule has 3 unspecified atom stereocenters. The zero-order valence-corrected chi connectivity index (χ0v) is 18.4. The van der Waals surface area contributed by atoms with E-state index in [0.29, 0.717) is 36.1 Å². The third kappa shape index (κ3) is 5.07. The van der Waals surface area contributed by atoms with Gasteiger partial charge in [-0.2, -0.15) is 0 Å². The predicted octanol–water partition coefficient (Wildman–Crippen LogP) is 4.52. The third-order valence-electron chi connectivity index (χ3n) is 5.93. The van der Waals surface area contributed by atoms with Crippen LogP contribution < -0.4 is 4.74 Å². The molecule has 8 nitrogen and oxygen atoms in total. The van der Waals surface area contributed by atoms with Gasteiger partial charge in [-0.25, -0.2) is 4.79 Å². The summed E-state index contributed by atoms with van der Waals surface area (Å²) < 4.78 is 5.42. The fraction of sp³-hybridized carbons (Fsp3) is 0.417. The highest BCUT2D eigenvalue weighted by Crippen LogP contribution is 2.43. The highest BCUT2D eigenvalue weighted by Gasteiger charge is 2.31. The Hall–Kier alpha value is -3.42. The first-order valence-electron chi connectivity index (χ1n) is 10.6. The number of amides is 1. The molecule has 2 N–H and O–H groups in total. The van der Waals surface area contributed by atoms with Gasteiger partial charge >= 0.3 is 5.97 Å². The van der Waals surface area contributed by atoms with Crippen LogP contribution in [0.25, 0.3) is 0 Å². The first kappa shape index (κ1) is 23.2. The molecule has 1 heterocycles. The molecule has 0 aliphatic carbocycles. The van der Waals surface area contributed by atoms with Crippen LogP contribution in [-0.4, -0.2) is 47.2 Å². The molecule has 32 heavy (non-hydrogen) atoms. The SMILES string of the molecule is COc1cc(O)cc(N=O)c1C(CC(=O)N1CC(C)CC(C)C1)c1ccc(C(=O)O)cc1. The summed E-state index contributed by atoms with van der Waals surface area (Å²) in [6, 6.07) is 8.78. The van der Waals surface area contributed by atoms with Gasteiger partial charge in [-0.05, 0) is 41.1 Å². The summed E-state index contributed by atoms with van der Waals surface area (Å²) in [4.78, 5) is 38.0. The highest BCUT2D eigenvalue weighted by molar-refractivity contribution is 5.87. The lowest BCUT2D eigenvalue weighted by molar-refractivity contribution is -0.134. The van der Waals surface area contributed by atoms with E-state index in [2.05, 4.69) is 19.0 Å². The lowest BCUT2D eigenvalue weighted by Gasteiger charge is -2.36. The number of carbonyl (C=O) groups excluding carboxylic acids is 1. The lowest BCUT2D eigenvalue weighted by atomic mass is 9.85. The average molecular weight is 440 g/mol. The topological polar surface area (TPSA) is 117 Å². The maximum Gasteiger partial charge on any atom is 0.335 e. The lowest BCUT2D eigenvalue weighted by Crippen LogP contribution is -2.43. The highest BCUT2D eigenvalue weighted by atomic mass is 16.5. The number of phenols is 1. The number of likely N-dealkylation sites (tertiary alicyclic amines) is 1. The first-order valence-corrected chi connectivity index (χ1v) is 10.6. The number of carboxylic acid groups (broad SMARTS) is 1. The van der Waals surface area contributed by atoms with Crippen molar-refractivity contribution < 1.29 is 24.5 Å². The van der Waals surface area contributed by atoms with Crippen LogP contribution in [0.5, 0.6) is 11.5 Å². The van der Waals surface area contributed by atoms with Gasteiger partial charge in [-0.3, -0.25) is 4.79 Å².